The standard InChI is InChI=1S/C18H21F3N2O5/c1-11(28-16(24)9-6-12-4-2-3-5-12)17(25)22-15-8-7-13(23(26)27)10-14(15)18(19,20)21/h7-8,10-12H,2-6,9H2,1H3,(H,22,25)/t11-/m0/s1. The summed E-state index contributed by atoms with van der Waals surface area (Å²) in [5.74, 6) is -1.08. The number of anilines is 1. The Morgan fingerprint density at radius 3 is 2.54 bits per heavy atom. The maximum absolute atomic E-state index is 13.1. The first kappa shape index (κ1) is 21.6. The smallest absolute Gasteiger partial charge is 0.418 e. The van der Waals surface area contributed by atoms with E-state index >= 15 is 0 Å². The van der Waals surface area contributed by atoms with Crippen molar-refractivity contribution in [2.45, 2.75) is 57.7 Å². The predicted molar refractivity (Wildman–Crippen MR) is 93.5 cm³/mol. The Balaban J connectivity index is 1.98. The molecular weight excluding hydrogens is 381 g/mol. The Bertz CT molecular complexity index is 745. The monoisotopic (exact) mass is 402 g/mol. The fraction of sp³-hybridized carbons (Fsp3) is 0.556. The second-order valence-corrected chi connectivity index (χ2v) is 6.80. The summed E-state index contributed by atoms with van der Waals surface area (Å²) in [5.41, 5.74) is -2.75. The summed E-state index contributed by atoms with van der Waals surface area (Å²) in [6.07, 6.45) is -1.01. The zero-order chi connectivity index (χ0) is 20.9. The van der Waals surface area contributed by atoms with Crippen molar-refractivity contribution in [3.63, 3.8) is 0 Å². The second kappa shape index (κ2) is 9.03. The molecule has 1 aromatic rings. The normalized spacial score (nSPS) is 15.9. The number of rotatable bonds is 7. The van der Waals surface area contributed by atoms with Crippen LogP contribution in [0.15, 0.2) is 18.2 Å². The molecule has 28 heavy (non-hydrogen) atoms. The minimum absolute atomic E-state index is 0.146. The van der Waals surface area contributed by atoms with Gasteiger partial charge in [0.15, 0.2) is 6.10 Å². The maximum Gasteiger partial charge on any atom is 0.418 e. The first-order chi connectivity index (χ1) is 13.1. The lowest BCUT2D eigenvalue weighted by Crippen LogP contribution is -2.30. The van der Waals surface area contributed by atoms with Crippen LogP contribution >= 0.6 is 0 Å². The molecule has 1 aromatic carbocycles. The van der Waals surface area contributed by atoms with Crippen molar-refractivity contribution in [1.29, 1.82) is 0 Å². The third-order valence-electron chi connectivity index (χ3n) is 4.69. The van der Waals surface area contributed by atoms with Gasteiger partial charge in [0.25, 0.3) is 11.6 Å². The number of alkyl halides is 3. The Morgan fingerprint density at radius 1 is 1.32 bits per heavy atom. The average Bonchev–Trinajstić information content (AvgIpc) is 3.12. The van der Waals surface area contributed by atoms with Crippen molar-refractivity contribution in [3.8, 4) is 0 Å². The van der Waals surface area contributed by atoms with Crippen molar-refractivity contribution < 1.29 is 32.4 Å². The largest absolute Gasteiger partial charge is 0.453 e. The Labute approximate surface area is 159 Å². The summed E-state index contributed by atoms with van der Waals surface area (Å²) < 4.78 is 44.4. The van der Waals surface area contributed by atoms with Gasteiger partial charge in [0.2, 0.25) is 0 Å². The Kier molecular flexibility index (Phi) is 6.98. The van der Waals surface area contributed by atoms with Gasteiger partial charge in [-0.3, -0.25) is 19.7 Å². The number of hydrogen-bond donors (Lipinski definition) is 1. The van der Waals surface area contributed by atoms with Gasteiger partial charge in [-0.1, -0.05) is 25.7 Å². The summed E-state index contributed by atoms with van der Waals surface area (Å²) in [6.45, 7) is 1.25. The van der Waals surface area contributed by atoms with Gasteiger partial charge in [0.05, 0.1) is 16.2 Å². The molecule has 0 spiro atoms. The van der Waals surface area contributed by atoms with Gasteiger partial charge in [-0.05, 0) is 25.3 Å². The lowest BCUT2D eigenvalue weighted by molar-refractivity contribution is -0.385. The molecule has 0 saturated heterocycles. The molecule has 0 unspecified atom stereocenters. The molecule has 1 fully saturated rings. The molecule has 1 saturated carbocycles. The Hall–Kier alpha value is -2.65. The van der Waals surface area contributed by atoms with Crippen LogP contribution < -0.4 is 5.32 Å². The van der Waals surface area contributed by atoms with Gasteiger partial charge in [0, 0.05) is 18.6 Å². The zero-order valence-electron chi connectivity index (χ0n) is 15.3. The molecule has 1 amide bonds. The van der Waals surface area contributed by atoms with Crippen molar-refractivity contribution in [2.24, 2.45) is 5.92 Å². The number of nitrogens with zero attached hydrogens (tertiary/aromatic N) is 1. The fourth-order valence-electron chi connectivity index (χ4n) is 3.15. The van der Waals surface area contributed by atoms with Crippen molar-refractivity contribution in [1.82, 2.24) is 0 Å². The molecule has 0 radical (unpaired) electrons. The molecule has 0 aliphatic heterocycles. The summed E-state index contributed by atoms with van der Waals surface area (Å²) >= 11 is 0. The van der Waals surface area contributed by atoms with Gasteiger partial charge in [-0.25, -0.2) is 0 Å². The van der Waals surface area contributed by atoms with Crippen LogP contribution in [0.4, 0.5) is 24.5 Å². The first-order valence-electron chi connectivity index (χ1n) is 8.94. The van der Waals surface area contributed by atoms with E-state index in [2.05, 4.69) is 0 Å². The maximum atomic E-state index is 13.1. The van der Waals surface area contributed by atoms with Crippen LogP contribution in [0.3, 0.4) is 0 Å². The predicted octanol–water partition coefficient (Wildman–Crippen LogP) is 4.45. The zero-order valence-corrected chi connectivity index (χ0v) is 15.3. The van der Waals surface area contributed by atoms with Gasteiger partial charge in [0.1, 0.15) is 0 Å². The number of hydrogen-bond acceptors (Lipinski definition) is 5. The molecule has 1 N–H and O–H groups in total. The molecule has 2 rings (SSSR count). The first-order valence-corrected chi connectivity index (χ1v) is 8.94. The van der Waals surface area contributed by atoms with Gasteiger partial charge < -0.3 is 10.1 Å². The Morgan fingerprint density at radius 2 is 1.96 bits per heavy atom. The van der Waals surface area contributed by atoms with Crippen molar-refractivity contribution in [2.75, 3.05) is 5.32 Å². The SMILES string of the molecule is C[C@H](OC(=O)CCC1CCCC1)C(=O)Nc1ccc([N+](=O)[O-])cc1C(F)(F)F. The number of nitro benzene ring substituents is 1. The summed E-state index contributed by atoms with van der Waals surface area (Å²) in [7, 11) is 0. The molecule has 10 heteroatoms. The fourth-order valence-corrected chi connectivity index (χ4v) is 3.15. The van der Waals surface area contributed by atoms with E-state index in [0.717, 1.165) is 37.8 Å². The number of amides is 1. The lowest BCUT2D eigenvalue weighted by atomic mass is 10.0. The molecule has 1 atom stereocenters. The number of esters is 1. The minimum Gasteiger partial charge on any atom is -0.453 e. The summed E-state index contributed by atoms with van der Waals surface area (Å²) in [4.78, 5) is 33.7. The van der Waals surface area contributed by atoms with Gasteiger partial charge >= 0.3 is 12.1 Å². The highest BCUT2D eigenvalue weighted by atomic mass is 19.4. The lowest BCUT2D eigenvalue weighted by Gasteiger charge is -2.17. The third kappa shape index (κ3) is 5.93. The van der Waals surface area contributed by atoms with Crippen molar-refractivity contribution >= 4 is 23.3 Å². The molecule has 1 aliphatic rings. The number of nitrogens with one attached hydrogen (secondary N) is 1. The molecule has 0 aromatic heterocycles. The van der Waals surface area contributed by atoms with Crippen molar-refractivity contribution in [3.05, 3.63) is 33.9 Å². The van der Waals surface area contributed by atoms with Crippen LogP contribution in [0.25, 0.3) is 0 Å². The molecular formula is C18H21F3N2O5. The molecule has 0 heterocycles. The second-order valence-electron chi connectivity index (χ2n) is 6.80. The highest BCUT2D eigenvalue weighted by Crippen LogP contribution is 2.37. The number of halogens is 3. The average molecular weight is 402 g/mol. The van der Waals surface area contributed by atoms with Crippen LogP contribution in [0, 0.1) is 16.0 Å². The van der Waals surface area contributed by atoms with E-state index < -0.39 is 46.0 Å². The number of nitro groups is 1. The van der Waals surface area contributed by atoms with Crippen LogP contribution in [-0.4, -0.2) is 22.9 Å². The summed E-state index contributed by atoms with van der Waals surface area (Å²) in [5, 5.41) is 12.7. The minimum atomic E-state index is -4.91. The quantitative estimate of drug-likeness (QED) is 0.413. The molecule has 154 valence electrons. The van der Waals surface area contributed by atoms with Gasteiger partial charge in [-0.2, -0.15) is 13.2 Å². The van der Waals surface area contributed by atoms with E-state index in [-0.39, 0.29) is 6.42 Å². The number of benzene rings is 1. The number of ether oxygens (including phenoxy) is 1. The molecule has 7 nitrogen and oxygen atoms in total. The number of non-ortho nitro benzene ring substituents is 1. The highest BCUT2D eigenvalue weighted by Gasteiger charge is 2.36. The molecule has 1 aliphatic carbocycles. The van der Waals surface area contributed by atoms with Gasteiger partial charge in [-0.15, -0.1) is 0 Å². The van der Waals surface area contributed by atoms with Crippen LogP contribution in [0.5, 0.6) is 0 Å². The van der Waals surface area contributed by atoms with E-state index in [1.807, 2.05) is 5.32 Å². The van der Waals surface area contributed by atoms with E-state index in [9.17, 15) is 32.9 Å². The van der Waals surface area contributed by atoms with E-state index in [1.54, 1.807) is 0 Å². The van der Waals surface area contributed by atoms with Crippen LogP contribution in [-0.2, 0) is 20.5 Å². The topological polar surface area (TPSA) is 98.5 Å². The highest BCUT2D eigenvalue weighted by molar-refractivity contribution is 5.95. The summed E-state index contributed by atoms with van der Waals surface area (Å²) in [6, 6.07) is 1.99. The van der Waals surface area contributed by atoms with Crippen LogP contribution in [0.2, 0.25) is 0 Å². The van der Waals surface area contributed by atoms with Crippen LogP contribution in [0.1, 0.15) is 51.0 Å². The van der Waals surface area contributed by atoms with E-state index in [0.29, 0.717) is 18.4 Å². The molecule has 0 bridgehead atoms. The van der Waals surface area contributed by atoms with E-state index in [1.165, 1.54) is 6.92 Å². The third-order valence-corrected chi connectivity index (χ3v) is 4.69. The number of carbonyl (C=O) groups is 2. The van der Waals surface area contributed by atoms with E-state index in [4.69, 9.17) is 4.74 Å². The number of carbonyl (C=O) groups excluding carboxylic acids is 2.